The highest BCUT2D eigenvalue weighted by Crippen LogP contribution is 2.43. The maximum atomic E-state index is 6.10. The molecule has 2 nitrogen and oxygen atoms in total. The highest BCUT2D eigenvalue weighted by Gasteiger charge is 2.36. The van der Waals surface area contributed by atoms with Gasteiger partial charge in [0.25, 0.3) is 0 Å². The largest absolute Gasteiger partial charge is 0.381 e. The van der Waals surface area contributed by atoms with E-state index in [1.807, 2.05) is 24.8 Å². The van der Waals surface area contributed by atoms with Crippen LogP contribution in [0.25, 0.3) is 0 Å². The first kappa shape index (κ1) is 13.3. The molecule has 94 valence electrons. The normalized spacial score (nSPS) is 17.6. The molecule has 2 rings (SSSR count). The first-order valence-electron chi connectivity index (χ1n) is 5.68. The molecule has 1 N–H and O–H groups in total. The van der Waals surface area contributed by atoms with Crippen LogP contribution in [0, 0.1) is 6.92 Å². The Hall–Kier alpha value is -0.120. The van der Waals surface area contributed by atoms with E-state index in [1.165, 1.54) is 19.3 Å². The van der Waals surface area contributed by atoms with Gasteiger partial charge < -0.3 is 5.32 Å². The molecule has 5 heteroatoms. The minimum Gasteiger partial charge on any atom is -0.381 e. The molecule has 0 atom stereocenters. The van der Waals surface area contributed by atoms with Gasteiger partial charge in [0.1, 0.15) is 5.15 Å². The van der Waals surface area contributed by atoms with Gasteiger partial charge in [-0.05, 0) is 37.7 Å². The SMILES string of the molecule is CSC1(CNc2c(C)cc(Cl)nc2Cl)CCC1. The average molecular weight is 291 g/mol. The van der Waals surface area contributed by atoms with Crippen molar-refractivity contribution in [2.45, 2.75) is 30.9 Å². The van der Waals surface area contributed by atoms with Gasteiger partial charge in [-0.1, -0.05) is 29.6 Å². The summed E-state index contributed by atoms with van der Waals surface area (Å²) in [6.07, 6.45) is 6.06. The number of thioether (sulfide) groups is 1. The molecule has 1 aliphatic carbocycles. The van der Waals surface area contributed by atoms with Crippen LogP contribution in [0.2, 0.25) is 10.3 Å². The Morgan fingerprint density at radius 3 is 2.65 bits per heavy atom. The molecule has 1 aromatic rings. The minimum absolute atomic E-state index is 0.384. The quantitative estimate of drug-likeness (QED) is 0.833. The first-order chi connectivity index (χ1) is 8.06. The van der Waals surface area contributed by atoms with Gasteiger partial charge in [0.05, 0.1) is 5.69 Å². The molecule has 0 unspecified atom stereocenters. The van der Waals surface area contributed by atoms with Crippen molar-refractivity contribution in [3.05, 3.63) is 21.9 Å². The van der Waals surface area contributed by atoms with Crippen molar-refractivity contribution >= 4 is 40.7 Å². The number of hydrogen-bond donors (Lipinski definition) is 1. The Morgan fingerprint density at radius 2 is 2.18 bits per heavy atom. The second-order valence-electron chi connectivity index (χ2n) is 4.52. The van der Waals surface area contributed by atoms with Crippen LogP contribution in [-0.4, -0.2) is 22.5 Å². The third-order valence-electron chi connectivity index (χ3n) is 3.43. The number of anilines is 1. The summed E-state index contributed by atoms with van der Waals surface area (Å²) in [5.74, 6) is 0. The standard InChI is InChI=1S/C12H16Cl2N2S/c1-8-6-9(13)16-11(14)10(8)15-7-12(17-2)4-3-5-12/h6,15H,3-5,7H2,1-2H3. The summed E-state index contributed by atoms with van der Waals surface area (Å²) < 4.78 is 0.384. The molecule has 17 heavy (non-hydrogen) atoms. The zero-order valence-electron chi connectivity index (χ0n) is 10.0. The van der Waals surface area contributed by atoms with E-state index in [4.69, 9.17) is 23.2 Å². The number of hydrogen-bond acceptors (Lipinski definition) is 3. The summed E-state index contributed by atoms with van der Waals surface area (Å²) in [6, 6.07) is 1.84. The predicted octanol–water partition coefficient (Wildman–Crippen LogP) is 4.39. The molecule has 0 aliphatic heterocycles. The van der Waals surface area contributed by atoms with E-state index in [-0.39, 0.29) is 0 Å². The molecule has 1 fully saturated rings. The van der Waals surface area contributed by atoms with E-state index in [0.717, 1.165) is 17.8 Å². The molecule has 0 aromatic carbocycles. The van der Waals surface area contributed by atoms with E-state index >= 15 is 0 Å². The third kappa shape index (κ3) is 2.83. The molecule has 0 bridgehead atoms. The Bertz CT molecular complexity index is 390. The molecule has 0 radical (unpaired) electrons. The number of rotatable bonds is 4. The second kappa shape index (κ2) is 5.25. The van der Waals surface area contributed by atoms with Gasteiger partial charge in [-0.25, -0.2) is 4.98 Å². The molecule has 1 saturated carbocycles. The Labute approximate surface area is 116 Å². The van der Waals surface area contributed by atoms with Gasteiger partial charge >= 0.3 is 0 Å². The van der Waals surface area contributed by atoms with Crippen molar-refractivity contribution in [2.75, 3.05) is 18.1 Å². The van der Waals surface area contributed by atoms with E-state index in [2.05, 4.69) is 16.6 Å². The Kier molecular flexibility index (Phi) is 4.11. The lowest BCUT2D eigenvalue weighted by atomic mass is 9.84. The van der Waals surface area contributed by atoms with Crippen LogP contribution in [0.15, 0.2) is 6.07 Å². The van der Waals surface area contributed by atoms with Crippen molar-refractivity contribution in [3.8, 4) is 0 Å². The van der Waals surface area contributed by atoms with Crippen molar-refractivity contribution in [2.24, 2.45) is 0 Å². The van der Waals surface area contributed by atoms with Crippen molar-refractivity contribution < 1.29 is 0 Å². The number of nitrogens with one attached hydrogen (secondary N) is 1. The Morgan fingerprint density at radius 1 is 1.47 bits per heavy atom. The number of pyridine rings is 1. The van der Waals surface area contributed by atoms with Crippen LogP contribution < -0.4 is 5.32 Å². The van der Waals surface area contributed by atoms with Gasteiger partial charge in [0, 0.05) is 11.3 Å². The fourth-order valence-electron chi connectivity index (χ4n) is 2.08. The van der Waals surface area contributed by atoms with Gasteiger partial charge in [-0.3, -0.25) is 0 Å². The molecule has 1 aromatic heterocycles. The van der Waals surface area contributed by atoms with E-state index in [9.17, 15) is 0 Å². The van der Waals surface area contributed by atoms with Crippen LogP contribution in [0.1, 0.15) is 24.8 Å². The lowest BCUT2D eigenvalue weighted by Crippen LogP contribution is -2.40. The van der Waals surface area contributed by atoms with Crippen LogP contribution in [0.4, 0.5) is 5.69 Å². The molecule has 0 spiro atoms. The fraction of sp³-hybridized carbons (Fsp3) is 0.583. The zero-order valence-corrected chi connectivity index (χ0v) is 12.3. The van der Waals surface area contributed by atoms with E-state index in [0.29, 0.717) is 15.1 Å². The smallest absolute Gasteiger partial charge is 0.154 e. The average Bonchev–Trinajstić information content (AvgIpc) is 2.19. The van der Waals surface area contributed by atoms with Crippen LogP contribution in [-0.2, 0) is 0 Å². The van der Waals surface area contributed by atoms with Crippen LogP contribution >= 0.6 is 35.0 Å². The van der Waals surface area contributed by atoms with E-state index in [1.54, 1.807) is 0 Å². The summed E-state index contributed by atoms with van der Waals surface area (Å²) >= 11 is 13.9. The predicted molar refractivity (Wildman–Crippen MR) is 77.6 cm³/mol. The van der Waals surface area contributed by atoms with Crippen molar-refractivity contribution in [1.29, 1.82) is 0 Å². The maximum Gasteiger partial charge on any atom is 0.154 e. The van der Waals surface area contributed by atoms with Crippen molar-refractivity contribution in [1.82, 2.24) is 4.98 Å². The fourth-order valence-corrected chi connectivity index (χ4v) is 3.59. The summed E-state index contributed by atoms with van der Waals surface area (Å²) in [5.41, 5.74) is 1.96. The maximum absolute atomic E-state index is 6.10. The molecular formula is C12H16Cl2N2S. The van der Waals surface area contributed by atoms with Crippen LogP contribution in [0.5, 0.6) is 0 Å². The van der Waals surface area contributed by atoms with Gasteiger partial charge in [0.15, 0.2) is 5.15 Å². The second-order valence-corrected chi connectivity index (χ2v) is 6.54. The summed E-state index contributed by atoms with van der Waals surface area (Å²) in [7, 11) is 0. The Balaban J connectivity index is 2.09. The number of aromatic nitrogens is 1. The van der Waals surface area contributed by atoms with Crippen LogP contribution in [0.3, 0.4) is 0 Å². The zero-order chi connectivity index (χ0) is 12.5. The summed E-state index contributed by atoms with van der Waals surface area (Å²) in [5, 5.41) is 4.34. The van der Waals surface area contributed by atoms with E-state index < -0.39 is 0 Å². The number of halogens is 2. The van der Waals surface area contributed by atoms with Crippen molar-refractivity contribution in [3.63, 3.8) is 0 Å². The lowest BCUT2D eigenvalue weighted by molar-refractivity contribution is 0.380. The van der Waals surface area contributed by atoms with Gasteiger partial charge in [-0.2, -0.15) is 11.8 Å². The molecule has 1 heterocycles. The monoisotopic (exact) mass is 290 g/mol. The molecule has 0 saturated heterocycles. The molecule has 1 aliphatic rings. The van der Waals surface area contributed by atoms with Gasteiger partial charge in [-0.15, -0.1) is 0 Å². The molecular weight excluding hydrogens is 275 g/mol. The highest BCUT2D eigenvalue weighted by molar-refractivity contribution is 8.00. The topological polar surface area (TPSA) is 24.9 Å². The lowest BCUT2D eigenvalue weighted by Gasteiger charge is -2.40. The number of aryl methyl sites for hydroxylation is 1. The third-order valence-corrected chi connectivity index (χ3v) is 5.31. The minimum atomic E-state index is 0.384. The van der Waals surface area contributed by atoms with Gasteiger partial charge in [0.2, 0.25) is 0 Å². The summed E-state index contributed by atoms with van der Waals surface area (Å²) in [4.78, 5) is 4.07. The first-order valence-corrected chi connectivity index (χ1v) is 7.66. The highest BCUT2D eigenvalue weighted by atomic mass is 35.5. The number of nitrogens with zero attached hydrogens (tertiary/aromatic N) is 1. The molecule has 0 amide bonds. The summed E-state index contributed by atoms with van der Waals surface area (Å²) in [6.45, 7) is 2.94.